The maximum Gasteiger partial charge on any atom is 0.339 e. The van der Waals surface area contributed by atoms with Crippen LogP contribution in [-0.4, -0.2) is 28.9 Å². The average molecular weight is 373 g/mol. The SMILES string of the molecule is Cc1ccc([C@@H](C)NC(=O)COC(=O)c2ccccc2[S@](C)=O)cc1C. The zero-order chi connectivity index (χ0) is 19.3. The highest BCUT2D eigenvalue weighted by atomic mass is 32.2. The minimum absolute atomic E-state index is 0.198. The van der Waals surface area contributed by atoms with E-state index in [9.17, 15) is 13.8 Å². The van der Waals surface area contributed by atoms with Gasteiger partial charge in [-0.15, -0.1) is 0 Å². The summed E-state index contributed by atoms with van der Waals surface area (Å²) in [4.78, 5) is 24.7. The first kappa shape index (κ1) is 19.8. The quantitative estimate of drug-likeness (QED) is 0.790. The zero-order valence-corrected chi connectivity index (χ0v) is 16.2. The lowest BCUT2D eigenvalue weighted by atomic mass is 10.0. The molecule has 0 radical (unpaired) electrons. The summed E-state index contributed by atoms with van der Waals surface area (Å²) >= 11 is 0. The third-order valence-electron chi connectivity index (χ3n) is 4.16. The Labute approximate surface area is 156 Å². The number of amides is 1. The van der Waals surface area contributed by atoms with Gasteiger partial charge in [-0.3, -0.25) is 9.00 Å². The smallest absolute Gasteiger partial charge is 0.339 e. The molecule has 138 valence electrons. The van der Waals surface area contributed by atoms with Crippen LogP contribution >= 0.6 is 0 Å². The van der Waals surface area contributed by atoms with Gasteiger partial charge in [-0.05, 0) is 49.6 Å². The van der Waals surface area contributed by atoms with Crippen molar-refractivity contribution in [2.24, 2.45) is 0 Å². The summed E-state index contributed by atoms with van der Waals surface area (Å²) in [6, 6.07) is 12.3. The highest BCUT2D eigenvalue weighted by molar-refractivity contribution is 7.84. The van der Waals surface area contributed by atoms with E-state index < -0.39 is 23.4 Å². The second kappa shape index (κ2) is 8.76. The van der Waals surface area contributed by atoms with Gasteiger partial charge in [0, 0.05) is 6.26 Å². The lowest BCUT2D eigenvalue weighted by molar-refractivity contribution is -0.124. The Morgan fingerprint density at radius 2 is 1.81 bits per heavy atom. The van der Waals surface area contributed by atoms with Crippen LogP contribution in [0.25, 0.3) is 0 Å². The Bertz CT molecular complexity index is 847. The predicted octanol–water partition coefficient (Wildman–Crippen LogP) is 3.08. The third kappa shape index (κ3) is 5.02. The topological polar surface area (TPSA) is 72.5 Å². The number of hydrogen-bond donors (Lipinski definition) is 1. The minimum Gasteiger partial charge on any atom is -0.452 e. The van der Waals surface area contributed by atoms with Crippen LogP contribution in [0, 0.1) is 13.8 Å². The summed E-state index contributed by atoms with van der Waals surface area (Å²) in [5.41, 5.74) is 3.54. The molecule has 5 nitrogen and oxygen atoms in total. The fraction of sp³-hybridized carbons (Fsp3) is 0.300. The van der Waals surface area contributed by atoms with Gasteiger partial charge in [-0.1, -0.05) is 30.3 Å². The molecule has 0 saturated carbocycles. The summed E-state index contributed by atoms with van der Waals surface area (Å²) in [6.07, 6.45) is 1.49. The first-order chi connectivity index (χ1) is 12.3. The van der Waals surface area contributed by atoms with Gasteiger partial charge in [0.05, 0.1) is 27.3 Å². The molecule has 0 bridgehead atoms. The number of carbonyl (C=O) groups is 2. The number of esters is 1. The molecule has 2 aromatic carbocycles. The third-order valence-corrected chi connectivity index (χ3v) is 5.13. The molecule has 0 heterocycles. The molecular formula is C20H23NO4S. The maximum absolute atomic E-state index is 12.2. The molecule has 0 aromatic heterocycles. The van der Waals surface area contributed by atoms with E-state index in [-0.39, 0.29) is 17.5 Å². The highest BCUT2D eigenvalue weighted by Crippen LogP contribution is 2.17. The Morgan fingerprint density at radius 1 is 1.12 bits per heavy atom. The Hall–Kier alpha value is -2.47. The normalized spacial score (nSPS) is 12.9. The Balaban J connectivity index is 1.95. The van der Waals surface area contributed by atoms with Gasteiger partial charge in [0.1, 0.15) is 0 Å². The van der Waals surface area contributed by atoms with Crippen molar-refractivity contribution < 1.29 is 18.5 Å². The number of carbonyl (C=O) groups excluding carboxylic acids is 2. The predicted molar refractivity (Wildman–Crippen MR) is 102 cm³/mol. The fourth-order valence-corrected chi connectivity index (χ4v) is 3.23. The number of aryl methyl sites for hydroxylation is 2. The van der Waals surface area contributed by atoms with Crippen molar-refractivity contribution in [2.45, 2.75) is 31.7 Å². The van der Waals surface area contributed by atoms with E-state index in [1.54, 1.807) is 18.2 Å². The van der Waals surface area contributed by atoms with Crippen molar-refractivity contribution in [3.63, 3.8) is 0 Å². The van der Waals surface area contributed by atoms with E-state index in [4.69, 9.17) is 4.74 Å². The number of benzene rings is 2. The maximum atomic E-state index is 12.2. The van der Waals surface area contributed by atoms with E-state index >= 15 is 0 Å². The number of rotatable bonds is 6. The van der Waals surface area contributed by atoms with E-state index in [0.29, 0.717) is 4.90 Å². The van der Waals surface area contributed by atoms with Gasteiger partial charge >= 0.3 is 5.97 Å². The monoisotopic (exact) mass is 373 g/mol. The molecule has 0 spiro atoms. The largest absolute Gasteiger partial charge is 0.452 e. The van der Waals surface area contributed by atoms with Crippen LogP contribution in [0.4, 0.5) is 0 Å². The van der Waals surface area contributed by atoms with Crippen LogP contribution in [0.3, 0.4) is 0 Å². The van der Waals surface area contributed by atoms with E-state index in [0.717, 1.165) is 11.1 Å². The van der Waals surface area contributed by atoms with Crippen molar-refractivity contribution in [2.75, 3.05) is 12.9 Å². The van der Waals surface area contributed by atoms with E-state index in [1.807, 2.05) is 39.0 Å². The van der Waals surface area contributed by atoms with Crippen LogP contribution in [-0.2, 0) is 20.3 Å². The van der Waals surface area contributed by atoms with Crippen molar-refractivity contribution in [1.82, 2.24) is 5.32 Å². The Kier molecular flexibility index (Phi) is 6.69. The summed E-state index contributed by atoms with van der Waals surface area (Å²) in [7, 11) is -1.32. The fourth-order valence-electron chi connectivity index (χ4n) is 2.50. The van der Waals surface area contributed by atoms with Gasteiger partial charge in [-0.2, -0.15) is 0 Å². The summed E-state index contributed by atoms with van der Waals surface area (Å²) in [6.45, 7) is 5.53. The molecule has 2 rings (SSSR count). The molecule has 0 aliphatic rings. The molecule has 0 aliphatic carbocycles. The number of hydrogen-bond acceptors (Lipinski definition) is 4. The molecule has 1 amide bonds. The highest BCUT2D eigenvalue weighted by Gasteiger charge is 2.17. The first-order valence-electron chi connectivity index (χ1n) is 8.25. The van der Waals surface area contributed by atoms with Crippen LogP contribution in [0.1, 0.15) is 40.0 Å². The van der Waals surface area contributed by atoms with Gasteiger partial charge in [-0.25, -0.2) is 4.79 Å². The zero-order valence-electron chi connectivity index (χ0n) is 15.4. The number of ether oxygens (including phenoxy) is 1. The van der Waals surface area contributed by atoms with Gasteiger partial charge < -0.3 is 10.1 Å². The molecule has 26 heavy (non-hydrogen) atoms. The molecule has 1 N–H and O–H groups in total. The van der Waals surface area contributed by atoms with Crippen molar-refractivity contribution >= 4 is 22.7 Å². The van der Waals surface area contributed by atoms with Gasteiger partial charge in [0.25, 0.3) is 5.91 Å². The summed E-state index contributed by atoms with van der Waals surface area (Å²) < 4.78 is 16.8. The van der Waals surface area contributed by atoms with E-state index in [1.165, 1.54) is 17.9 Å². The van der Waals surface area contributed by atoms with Crippen LogP contribution in [0.15, 0.2) is 47.4 Å². The summed E-state index contributed by atoms with van der Waals surface area (Å²) in [5, 5.41) is 2.81. The van der Waals surface area contributed by atoms with Crippen LogP contribution < -0.4 is 5.32 Å². The second-order valence-corrected chi connectivity index (χ2v) is 7.51. The lowest BCUT2D eigenvalue weighted by Gasteiger charge is -2.16. The number of nitrogens with one attached hydrogen (secondary N) is 1. The first-order valence-corrected chi connectivity index (χ1v) is 9.81. The molecule has 0 unspecified atom stereocenters. The Morgan fingerprint density at radius 3 is 2.46 bits per heavy atom. The summed E-state index contributed by atoms with van der Waals surface area (Å²) in [5.74, 6) is -1.05. The van der Waals surface area contributed by atoms with Crippen LogP contribution in [0.2, 0.25) is 0 Å². The molecule has 2 atom stereocenters. The van der Waals surface area contributed by atoms with Crippen LogP contribution in [0.5, 0.6) is 0 Å². The average Bonchev–Trinajstić information content (AvgIpc) is 2.61. The molecule has 0 fully saturated rings. The second-order valence-electron chi connectivity index (χ2n) is 6.16. The van der Waals surface area contributed by atoms with E-state index in [2.05, 4.69) is 5.32 Å². The molecule has 6 heteroatoms. The van der Waals surface area contributed by atoms with Crippen molar-refractivity contribution in [3.05, 3.63) is 64.7 Å². The lowest BCUT2D eigenvalue weighted by Crippen LogP contribution is -2.31. The molecule has 0 saturated heterocycles. The minimum atomic E-state index is -1.32. The van der Waals surface area contributed by atoms with Crippen molar-refractivity contribution in [1.29, 1.82) is 0 Å². The standard InChI is InChI=1S/C20H23NO4S/c1-13-9-10-16(11-14(13)2)15(3)21-19(22)12-25-20(23)17-7-5-6-8-18(17)26(4)24/h5-11,15H,12H2,1-4H3,(H,21,22)/t15-,26+/m1/s1. The molecular weight excluding hydrogens is 350 g/mol. The van der Waals surface area contributed by atoms with Gasteiger partial charge in [0.2, 0.25) is 0 Å². The molecule has 2 aromatic rings. The molecule has 0 aliphatic heterocycles. The van der Waals surface area contributed by atoms with Gasteiger partial charge in [0.15, 0.2) is 6.61 Å². The van der Waals surface area contributed by atoms with Crippen molar-refractivity contribution in [3.8, 4) is 0 Å².